The lowest BCUT2D eigenvalue weighted by molar-refractivity contribution is 0.408. The van der Waals surface area contributed by atoms with E-state index in [0.29, 0.717) is 5.75 Å². The van der Waals surface area contributed by atoms with E-state index in [1.165, 1.54) is 10.8 Å². The van der Waals surface area contributed by atoms with Crippen LogP contribution in [0.5, 0.6) is 11.5 Å². The molecule has 0 saturated heterocycles. The molecule has 0 fully saturated rings. The third-order valence-electron chi connectivity index (χ3n) is 3.71. The van der Waals surface area contributed by atoms with Crippen molar-refractivity contribution < 1.29 is 9.84 Å². The third kappa shape index (κ3) is 2.00. The van der Waals surface area contributed by atoms with Gasteiger partial charge in [-0.3, -0.25) is 0 Å². The van der Waals surface area contributed by atoms with Crippen LogP contribution in [0.25, 0.3) is 31.6 Å². The molecular weight excluding hydrogens is 294 g/mol. The molecule has 0 radical (unpaired) electrons. The van der Waals surface area contributed by atoms with Gasteiger partial charge in [0.15, 0.2) is 0 Å². The molecule has 4 rings (SSSR count). The topological polar surface area (TPSA) is 42.4 Å². The maximum atomic E-state index is 10.2. The fraction of sp³-hybridized carbons (Fsp3) is 0.0556. The molecule has 0 aliphatic rings. The van der Waals surface area contributed by atoms with Gasteiger partial charge in [-0.1, -0.05) is 30.3 Å². The summed E-state index contributed by atoms with van der Waals surface area (Å²) in [7, 11) is 1.58. The average Bonchev–Trinajstić information content (AvgIpc) is 2.99. The van der Waals surface area contributed by atoms with Gasteiger partial charge in [0.25, 0.3) is 0 Å². The van der Waals surface area contributed by atoms with Gasteiger partial charge in [0.05, 0.1) is 22.9 Å². The largest absolute Gasteiger partial charge is 0.507 e. The minimum Gasteiger partial charge on any atom is -0.507 e. The normalized spacial score (nSPS) is 11.1. The van der Waals surface area contributed by atoms with Gasteiger partial charge in [-0.25, -0.2) is 4.98 Å². The van der Waals surface area contributed by atoms with Crippen LogP contribution >= 0.6 is 11.3 Å². The molecular formula is C18H13NO2S. The number of fused-ring (bicyclic) bond motifs is 3. The molecule has 0 atom stereocenters. The number of thiazole rings is 1. The van der Waals surface area contributed by atoms with E-state index in [-0.39, 0.29) is 5.75 Å². The number of aromatic hydroxyl groups is 1. The van der Waals surface area contributed by atoms with E-state index < -0.39 is 0 Å². The van der Waals surface area contributed by atoms with Crippen LogP contribution in [0.3, 0.4) is 0 Å². The summed E-state index contributed by atoms with van der Waals surface area (Å²) in [4.78, 5) is 4.67. The highest BCUT2D eigenvalue weighted by Crippen LogP contribution is 2.39. The number of benzene rings is 3. The van der Waals surface area contributed by atoms with Crippen LogP contribution in [0.1, 0.15) is 0 Å². The van der Waals surface area contributed by atoms with Gasteiger partial charge in [0.1, 0.15) is 16.5 Å². The Morgan fingerprint density at radius 3 is 2.73 bits per heavy atom. The van der Waals surface area contributed by atoms with E-state index in [1.54, 1.807) is 24.5 Å². The van der Waals surface area contributed by atoms with Gasteiger partial charge in [0, 0.05) is 11.5 Å². The third-order valence-corrected chi connectivity index (χ3v) is 4.85. The summed E-state index contributed by atoms with van der Waals surface area (Å²) in [5.41, 5.74) is 1.68. The quantitative estimate of drug-likeness (QED) is 0.576. The van der Waals surface area contributed by atoms with Crippen LogP contribution < -0.4 is 4.74 Å². The summed E-state index contributed by atoms with van der Waals surface area (Å²) >= 11 is 1.60. The van der Waals surface area contributed by atoms with Crippen LogP contribution in [-0.4, -0.2) is 17.2 Å². The number of rotatable bonds is 2. The Labute approximate surface area is 131 Å². The van der Waals surface area contributed by atoms with Crippen molar-refractivity contribution >= 4 is 32.3 Å². The Morgan fingerprint density at radius 2 is 1.91 bits per heavy atom. The number of hydrogen-bond donors (Lipinski definition) is 1. The van der Waals surface area contributed by atoms with E-state index in [4.69, 9.17) is 4.74 Å². The van der Waals surface area contributed by atoms with Crippen molar-refractivity contribution in [2.24, 2.45) is 0 Å². The maximum Gasteiger partial charge on any atom is 0.129 e. The lowest BCUT2D eigenvalue weighted by atomic mass is 10.1. The van der Waals surface area contributed by atoms with Gasteiger partial charge in [-0.15, -0.1) is 11.3 Å². The number of methoxy groups -OCH3 is 1. The van der Waals surface area contributed by atoms with E-state index in [0.717, 1.165) is 20.8 Å². The Hall–Kier alpha value is -2.59. The van der Waals surface area contributed by atoms with Crippen LogP contribution in [0.15, 0.2) is 54.6 Å². The summed E-state index contributed by atoms with van der Waals surface area (Å²) in [6, 6.07) is 17.7. The zero-order valence-electron chi connectivity index (χ0n) is 11.9. The van der Waals surface area contributed by atoms with Crippen molar-refractivity contribution in [1.82, 2.24) is 4.98 Å². The predicted molar refractivity (Wildman–Crippen MR) is 90.8 cm³/mol. The first-order valence-corrected chi connectivity index (χ1v) is 7.73. The standard InChI is InChI=1S/C18H13NO2S/c1-21-12-7-8-14(16(20)10-12)18-19-15-9-6-11-4-2-3-5-13(11)17(15)22-18/h2-10,20H,1H3. The fourth-order valence-electron chi connectivity index (χ4n) is 2.59. The van der Waals surface area contributed by atoms with Gasteiger partial charge in [-0.05, 0) is 23.6 Å². The van der Waals surface area contributed by atoms with Crippen molar-refractivity contribution in [3.63, 3.8) is 0 Å². The number of nitrogens with zero attached hydrogens (tertiary/aromatic N) is 1. The molecule has 22 heavy (non-hydrogen) atoms. The molecule has 1 heterocycles. The van der Waals surface area contributed by atoms with Crippen molar-refractivity contribution in [1.29, 1.82) is 0 Å². The van der Waals surface area contributed by atoms with Gasteiger partial charge >= 0.3 is 0 Å². The Balaban J connectivity index is 1.95. The van der Waals surface area contributed by atoms with E-state index in [1.807, 2.05) is 30.3 Å². The highest BCUT2D eigenvalue weighted by atomic mass is 32.1. The summed E-state index contributed by atoms with van der Waals surface area (Å²) in [6.45, 7) is 0. The lowest BCUT2D eigenvalue weighted by Gasteiger charge is -2.03. The second kappa shape index (κ2) is 5.00. The zero-order valence-corrected chi connectivity index (χ0v) is 12.7. The fourth-order valence-corrected chi connectivity index (χ4v) is 3.72. The molecule has 4 aromatic rings. The van der Waals surface area contributed by atoms with Crippen molar-refractivity contribution in [3.05, 3.63) is 54.6 Å². The molecule has 0 aliphatic heterocycles. The van der Waals surface area contributed by atoms with Crippen molar-refractivity contribution in [2.75, 3.05) is 7.11 Å². The molecule has 0 bridgehead atoms. The Kier molecular flexibility index (Phi) is 2.98. The summed E-state index contributed by atoms with van der Waals surface area (Å²) < 4.78 is 6.27. The number of phenols is 1. The molecule has 0 unspecified atom stereocenters. The molecule has 3 nitrogen and oxygen atoms in total. The first-order valence-electron chi connectivity index (χ1n) is 6.92. The van der Waals surface area contributed by atoms with Crippen molar-refractivity contribution in [3.8, 4) is 22.1 Å². The van der Waals surface area contributed by atoms with Crippen LogP contribution in [0, 0.1) is 0 Å². The first-order chi connectivity index (χ1) is 10.8. The molecule has 108 valence electrons. The Bertz CT molecular complexity index is 991. The first kappa shape index (κ1) is 13.1. The molecule has 3 aromatic carbocycles. The number of aromatic nitrogens is 1. The minimum atomic E-state index is 0.183. The SMILES string of the molecule is COc1ccc(-c2nc3ccc4ccccc4c3s2)c(O)c1. The van der Waals surface area contributed by atoms with Crippen LogP contribution in [0.4, 0.5) is 0 Å². The van der Waals surface area contributed by atoms with Crippen molar-refractivity contribution in [2.45, 2.75) is 0 Å². The summed E-state index contributed by atoms with van der Waals surface area (Å²) in [5, 5.41) is 13.4. The van der Waals surface area contributed by atoms with E-state index in [2.05, 4.69) is 23.2 Å². The highest BCUT2D eigenvalue weighted by molar-refractivity contribution is 7.22. The van der Waals surface area contributed by atoms with Gasteiger partial charge in [0.2, 0.25) is 0 Å². The second-order valence-electron chi connectivity index (χ2n) is 5.04. The lowest BCUT2D eigenvalue weighted by Crippen LogP contribution is -1.83. The smallest absolute Gasteiger partial charge is 0.129 e. The van der Waals surface area contributed by atoms with Crippen LogP contribution in [-0.2, 0) is 0 Å². The van der Waals surface area contributed by atoms with Gasteiger partial charge < -0.3 is 9.84 Å². The molecule has 0 aliphatic carbocycles. The average molecular weight is 307 g/mol. The van der Waals surface area contributed by atoms with E-state index >= 15 is 0 Å². The molecule has 1 aromatic heterocycles. The molecule has 0 saturated carbocycles. The predicted octanol–water partition coefficient (Wildman–Crippen LogP) is 4.83. The molecule has 4 heteroatoms. The second-order valence-corrected chi connectivity index (χ2v) is 6.04. The monoisotopic (exact) mass is 307 g/mol. The number of hydrogen-bond acceptors (Lipinski definition) is 4. The summed E-state index contributed by atoms with van der Waals surface area (Å²) in [6.07, 6.45) is 0. The highest BCUT2D eigenvalue weighted by Gasteiger charge is 2.12. The molecule has 0 amide bonds. The van der Waals surface area contributed by atoms with Crippen LogP contribution in [0.2, 0.25) is 0 Å². The summed E-state index contributed by atoms with van der Waals surface area (Å²) in [5.74, 6) is 0.815. The molecule has 1 N–H and O–H groups in total. The number of phenolic OH excluding ortho intramolecular Hbond substituents is 1. The van der Waals surface area contributed by atoms with E-state index in [9.17, 15) is 5.11 Å². The number of ether oxygens (including phenoxy) is 1. The maximum absolute atomic E-state index is 10.2. The Morgan fingerprint density at radius 1 is 1.05 bits per heavy atom. The minimum absolute atomic E-state index is 0.183. The van der Waals surface area contributed by atoms with Gasteiger partial charge in [-0.2, -0.15) is 0 Å². The molecule has 0 spiro atoms. The zero-order chi connectivity index (χ0) is 15.1.